The van der Waals surface area contributed by atoms with Crippen LogP contribution >= 0.6 is 11.3 Å². The van der Waals surface area contributed by atoms with E-state index in [1.54, 1.807) is 0 Å². The van der Waals surface area contributed by atoms with Crippen LogP contribution in [-0.2, 0) is 0 Å². The molecule has 4 rings (SSSR count). The molecule has 0 aliphatic rings. The van der Waals surface area contributed by atoms with Gasteiger partial charge in [-0.15, -0.1) is 11.3 Å². The van der Waals surface area contributed by atoms with Crippen molar-refractivity contribution in [2.24, 2.45) is 0 Å². The van der Waals surface area contributed by atoms with Crippen LogP contribution in [0.3, 0.4) is 0 Å². The molecule has 3 nitrogen and oxygen atoms in total. The van der Waals surface area contributed by atoms with Crippen molar-refractivity contribution in [3.05, 3.63) is 70.6 Å². The SMILES string of the molecule is Cc1ccc2cc3cc(C(=O)Nc4ccccc4C)sc3nc2c1. The van der Waals surface area contributed by atoms with E-state index in [4.69, 9.17) is 4.98 Å². The Labute approximate surface area is 144 Å². The largest absolute Gasteiger partial charge is 0.321 e. The number of carbonyl (C=O) groups excluding carboxylic acids is 1. The van der Waals surface area contributed by atoms with Crippen LogP contribution in [0.25, 0.3) is 21.1 Å². The van der Waals surface area contributed by atoms with E-state index in [9.17, 15) is 4.79 Å². The molecule has 24 heavy (non-hydrogen) atoms. The number of hydrogen-bond acceptors (Lipinski definition) is 3. The lowest BCUT2D eigenvalue weighted by Crippen LogP contribution is -2.10. The minimum absolute atomic E-state index is 0.0902. The monoisotopic (exact) mass is 332 g/mol. The number of hydrogen-bond donors (Lipinski definition) is 1. The molecule has 4 heteroatoms. The van der Waals surface area contributed by atoms with Gasteiger partial charge in [0.15, 0.2) is 0 Å². The predicted molar refractivity (Wildman–Crippen MR) is 101 cm³/mol. The molecule has 118 valence electrons. The van der Waals surface area contributed by atoms with Crippen LogP contribution < -0.4 is 5.32 Å². The van der Waals surface area contributed by atoms with E-state index in [1.807, 2.05) is 37.3 Å². The van der Waals surface area contributed by atoms with Crippen LogP contribution in [0.4, 0.5) is 5.69 Å². The third-order valence-electron chi connectivity index (χ3n) is 4.08. The molecular formula is C20H16N2OS. The zero-order valence-corrected chi connectivity index (χ0v) is 14.3. The lowest BCUT2D eigenvalue weighted by atomic mass is 10.1. The fourth-order valence-corrected chi connectivity index (χ4v) is 3.66. The molecule has 0 spiro atoms. The minimum Gasteiger partial charge on any atom is -0.321 e. The predicted octanol–water partition coefficient (Wildman–Crippen LogP) is 5.32. The van der Waals surface area contributed by atoms with Gasteiger partial charge in [0.05, 0.1) is 10.4 Å². The van der Waals surface area contributed by atoms with E-state index in [1.165, 1.54) is 16.9 Å². The Hall–Kier alpha value is -2.72. The number of carbonyl (C=O) groups is 1. The van der Waals surface area contributed by atoms with Crippen molar-refractivity contribution in [1.82, 2.24) is 4.98 Å². The number of rotatable bonds is 2. The van der Waals surface area contributed by atoms with Gasteiger partial charge < -0.3 is 5.32 Å². The van der Waals surface area contributed by atoms with Gasteiger partial charge in [0.1, 0.15) is 4.83 Å². The third-order valence-corrected chi connectivity index (χ3v) is 5.12. The van der Waals surface area contributed by atoms with E-state index < -0.39 is 0 Å². The summed E-state index contributed by atoms with van der Waals surface area (Å²) in [6, 6.07) is 18.0. The average Bonchev–Trinajstić information content (AvgIpc) is 2.97. The number of para-hydroxylation sites is 1. The summed E-state index contributed by atoms with van der Waals surface area (Å²) in [6.45, 7) is 4.04. The molecular weight excluding hydrogens is 316 g/mol. The van der Waals surface area contributed by atoms with Crippen molar-refractivity contribution in [2.75, 3.05) is 5.32 Å². The summed E-state index contributed by atoms with van der Waals surface area (Å²) in [4.78, 5) is 18.8. The van der Waals surface area contributed by atoms with Gasteiger partial charge in [-0.05, 0) is 49.2 Å². The molecule has 1 N–H and O–H groups in total. The molecule has 2 aromatic heterocycles. The highest BCUT2D eigenvalue weighted by Crippen LogP contribution is 2.28. The molecule has 0 atom stereocenters. The van der Waals surface area contributed by atoms with Crippen LogP contribution in [0.15, 0.2) is 54.6 Å². The number of anilines is 1. The third kappa shape index (κ3) is 2.65. The van der Waals surface area contributed by atoms with Gasteiger partial charge in [-0.1, -0.05) is 30.3 Å². The number of fused-ring (bicyclic) bond motifs is 2. The second kappa shape index (κ2) is 5.73. The van der Waals surface area contributed by atoms with Gasteiger partial charge in [-0.2, -0.15) is 0 Å². The highest BCUT2D eigenvalue weighted by molar-refractivity contribution is 7.20. The van der Waals surface area contributed by atoms with Gasteiger partial charge in [-0.3, -0.25) is 4.79 Å². The number of pyridine rings is 1. The molecule has 0 saturated carbocycles. The van der Waals surface area contributed by atoms with E-state index in [0.29, 0.717) is 4.88 Å². The molecule has 0 aliphatic carbocycles. The van der Waals surface area contributed by atoms with Crippen molar-refractivity contribution in [3.8, 4) is 0 Å². The molecule has 2 heterocycles. The van der Waals surface area contributed by atoms with Crippen LogP contribution in [-0.4, -0.2) is 10.9 Å². The summed E-state index contributed by atoms with van der Waals surface area (Å²) in [5, 5.41) is 5.08. The molecule has 4 aromatic rings. The van der Waals surface area contributed by atoms with Crippen molar-refractivity contribution >= 4 is 44.1 Å². The summed E-state index contributed by atoms with van der Waals surface area (Å²) in [5.41, 5.74) is 4.04. The van der Waals surface area contributed by atoms with Crippen molar-refractivity contribution in [3.63, 3.8) is 0 Å². The second-order valence-electron chi connectivity index (χ2n) is 5.96. The second-order valence-corrected chi connectivity index (χ2v) is 6.99. The Morgan fingerprint density at radius 3 is 2.67 bits per heavy atom. The van der Waals surface area contributed by atoms with Crippen LogP contribution in [0.5, 0.6) is 0 Å². The zero-order chi connectivity index (χ0) is 16.7. The average molecular weight is 332 g/mol. The van der Waals surface area contributed by atoms with Crippen LogP contribution in [0, 0.1) is 13.8 Å². The molecule has 1 amide bonds. The summed E-state index contributed by atoms with van der Waals surface area (Å²) < 4.78 is 0. The van der Waals surface area contributed by atoms with Crippen molar-refractivity contribution in [1.29, 1.82) is 0 Å². The standard InChI is InChI=1S/C20H16N2OS/c1-12-7-8-14-10-15-11-18(24-20(15)22-17(14)9-12)19(23)21-16-6-4-3-5-13(16)2/h3-11H,1-2H3,(H,21,23). The van der Waals surface area contributed by atoms with Gasteiger partial charge >= 0.3 is 0 Å². The smallest absolute Gasteiger partial charge is 0.265 e. The maximum atomic E-state index is 12.6. The lowest BCUT2D eigenvalue weighted by Gasteiger charge is -2.06. The number of benzene rings is 2. The maximum Gasteiger partial charge on any atom is 0.265 e. The first-order valence-corrected chi connectivity index (χ1v) is 8.60. The van der Waals surface area contributed by atoms with Crippen LogP contribution in [0.2, 0.25) is 0 Å². The molecule has 0 bridgehead atoms. The normalized spacial score (nSPS) is 11.1. The Balaban J connectivity index is 1.73. The van der Waals surface area contributed by atoms with Gasteiger partial charge in [0.2, 0.25) is 0 Å². The highest BCUT2D eigenvalue weighted by atomic mass is 32.1. The summed E-state index contributed by atoms with van der Waals surface area (Å²) in [6.07, 6.45) is 0. The molecule has 0 fully saturated rings. The number of nitrogens with zero attached hydrogens (tertiary/aromatic N) is 1. The Kier molecular flexibility index (Phi) is 3.54. The molecule has 0 aliphatic heterocycles. The Morgan fingerprint density at radius 2 is 1.83 bits per heavy atom. The zero-order valence-electron chi connectivity index (χ0n) is 13.5. The summed E-state index contributed by atoms with van der Waals surface area (Å²) >= 11 is 1.43. The fraction of sp³-hybridized carbons (Fsp3) is 0.100. The number of aryl methyl sites for hydroxylation is 2. The topological polar surface area (TPSA) is 42.0 Å². The first-order valence-electron chi connectivity index (χ1n) is 7.78. The van der Waals surface area contributed by atoms with E-state index in [-0.39, 0.29) is 5.91 Å². The van der Waals surface area contributed by atoms with Crippen molar-refractivity contribution in [2.45, 2.75) is 13.8 Å². The van der Waals surface area contributed by atoms with Gasteiger partial charge in [-0.25, -0.2) is 4.98 Å². The van der Waals surface area contributed by atoms with Crippen LogP contribution in [0.1, 0.15) is 20.8 Å². The number of nitrogens with one attached hydrogen (secondary N) is 1. The summed E-state index contributed by atoms with van der Waals surface area (Å²) in [7, 11) is 0. The van der Waals surface area contributed by atoms with Gasteiger partial charge in [0.25, 0.3) is 5.91 Å². The molecule has 0 saturated heterocycles. The van der Waals surface area contributed by atoms with E-state index >= 15 is 0 Å². The highest BCUT2D eigenvalue weighted by Gasteiger charge is 2.13. The lowest BCUT2D eigenvalue weighted by molar-refractivity contribution is 0.103. The molecule has 2 aromatic carbocycles. The summed E-state index contributed by atoms with van der Waals surface area (Å²) in [5.74, 6) is -0.0902. The minimum atomic E-state index is -0.0902. The first-order chi connectivity index (χ1) is 11.6. The Bertz CT molecular complexity index is 1080. The fourth-order valence-electron chi connectivity index (χ4n) is 2.74. The van der Waals surface area contributed by atoms with E-state index in [2.05, 4.69) is 36.5 Å². The number of thiophene rings is 1. The quantitative estimate of drug-likeness (QED) is 0.540. The molecule has 0 unspecified atom stereocenters. The van der Waals surface area contributed by atoms with Gasteiger partial charge in [0, 0.05) is 16.5 Å². The number of amides is 1. The maximum absolute atomic E-state index is 12.6. The van der Waals surface area contributed by atoms with Crippen molar-refractivity contribution < 1.29 is 4.79 Å². The number of aromatic nitrogens is 1. The Morgan fingerprint density at radius 1 is 1.00 bits per heavy atom. The first kappa shape index (κ1) is 14.8. The van der Waals surface area contributed by atoms with E-state index in [0.717, 1.165) is 32.4 Å². The molecule has 0 radical (unpaired) electrons.